The maximum atomic E-state index is 12.5. The van der Waals surface area contributed by atoms with E-state index < -0.39 is 0 Å². The van der Waals surface area contributed by atoms with Crippen molar-refractivity contribution in [1.29, 1.82) is 0 Å². The Morgan fingerprint density at radius 3 is 2.70 bits per heavy atom. The monoisotopic (exact) mass is 309 g/mol. The van der Waals surface area contributed by atoms with E-state index in [1.807, 2.05) is 48.5 Å². The van der Waals surface area contributed by atoms with E-state index in [1.54, 1.807) is 0 Å². The highest BCUT2D eigenvalue weighted by atomic mass is 16.1. The predicted octanol–water partition coefficient (Wildman–Crippen LogP) is 3.90. The van der Waals surface area contributed by atoms with Gasteiger partial charge < -0.3 is 16.0 Å². The molecule has 0 aromatic heterocycles. The molecule has 0 spiro atoms. The Labute approximate surface area is 137 Å². The molecule has 2 aromatic rings. The molecule has 4 heteroatoms. The van der Waals surface area contributed by atoms with Crippen LogP contribution in [0.1, 0.15) is 36.5 Å². The summed E-state index contributed by atoms with van der Waals surface area (Å²) in [7, 11) is 0. The second-order valence-corrected chi connectivity index (χ2v) is 6.13. The quantitative estimate of drug-likeness (QED) is 0.845. The average molecular weight is 309 g/mol. The van der Waals surface area contributed by atoms with Crippen LogP contribution >= 0.6 is 0 Å². The normalized spacial score (nSPS) is 17.8. The van der Waals surface area contributed by atoms with Gasteiger partial charge >= 0.3 is 0 Å². The summed E-state index contributed by atoms with van der Waals surface area (Å²) in [6, 6.07) is 15.5. The summed E-state index contributed by atoms with van der Waals surface area (Å²) in [6.07, 6.45) is 3.62. The molecule has 1 aliphatic heterocycles. The highest BCUT2D eigenvalue weighted by molar-refractivity contribution is 6.06. The largest absolute Gasteiger partial charge is 0.399 e. The number of piperidine rings is 1. The number of amides is 1. The Hall–Kier alpha value is -2.49. The standard InChI is InChI=1S/C19H23N3O/c1-14-7-5-6-12-22(14)18-11-10-16(20)13-17(18)21-19(23)15-8-3-2-4-9-15/h2-4,8-11,13-14H,5-7,12,20H2,1H3,(H,21,23). The average Bonchev–Trinajstić information content (AvgIpc) is 2.57. The molecular formula is C19H23N3O. The third kappa shape index (κ3) is 3.47. The fourth-order valence-corrected chi connectivity index (χ4v) is 3.14. The first-order valence-electron chi connectivity index (χ1n) is 8.18. The van der Waals surface area contributed by atoms with Crippen molar-refractivity contribution in [2.75, 3.05) is 22.5 Å². The Bertz CT molecular complexity index is 684. The summed E-state index contributed by atoms with van der Waals surface area (Å²) in [4.78, 5) is 14.8. The van der Waals surface area contributed by atoms with E-state index in [-0.39, 0.29) is 5.91 Å². The van der Waals surface area contributed by atoms with E-state index in [2.05, 4.69) is 17.1 Å². The number of carbonyl (C=O) groups excluding carboxylic acids is 1. The molecule has 3 N–H and O–H groups in total. The van der Waals surface area contributed by atoms with Gasteiger partial charge in [-0.25, -0.2) is 0 Å². The van der Waals surface area contributed by atoms with Crippen LogP contribution in [0.15, 0.2) is 48.5 Å². The number of nitrogens with one attached hydrogen (secondary N) is 1. The second-order valence-electron chi connectivity index (χ2n) is 6.13. The number of nitrogen functional groups attached to an aromatic ring is 1. The number of rotatable bonds is 3. The molecule has 0 aliphatic carbocycles. The Balaban J connectivity index is 1.89. The van der Waals surface area contributed by atoms with E-state index in [1.165, 1.54) is 19.3 Å². The maximum Gasteiger partial charge on any atom is 0.255 e. The summed E-state index contributed by atoms with van der Waals surface area (Å²) in [6.45, 7) is 3.25. The highest BCUT2D eigenvalue weighted by Gasteiger charge is 2.21. The van der Waals surface area contributed by atoms with Gasteiger partial charge in [-0.05, 0) is 56.5 Å². The van der Waals surface area contributed by atoms with Crippen LogP contribution in [0.2, 0.25) is 0 Å². The molecule has 1 fully saturated rings. The SMILES string of the molecule is CC1CCCCN1c1ccc(N)cc1NC(=O)c1ccccc1. The molecule has 2 aromatic carbocycles. The second kappa shape index (κ2) is 6.73. The van der Waals surface area contributed by atoms with Crippen LogP contribution in [-0.2, 0) is 0 Å². The number of nitrogens with zero attached hydrogens (tertiary/aromatic N) is 1. The Kier molecular flexibility index (Phi) is 4.51. The lowest BCUT2D eigenvalue weighted by molar-refractivity contribution is 0.102. The summed E-state index contributed by atoms with van der Waals surface area (Å²) in [5.74, 6) is -0.109. The lowest BCUT2D eigenvalue weighted by Gasteiger charge is -2.36. The number of hydrogen-bond acceptors (Lipinski definition) is 3. The molecule has 1 atom stereocenters. The molecule has 1 saturated heterocycles. The van der Waals surface area contributed by atoms with Crippen molar-refractivity contribution in [2.24, 2.45) is 0 Å². The molecule has 1 heterocycles. The number of nitrogens with two attached hydrogens (primary N) is 1. The first kappa shape index (κ1) is 15.4. The van der Waals surface area contributed by atoms with Crippen LogP contribution < -0.4 is 16.0 Å². The third-order valence-corrected chi connectivity index (χ3v) is 4.42. The summed E-state index contributed by atoms with van der Waals surface area (Å²) in [5.41, 5.74) is 9.07. The van der Waals surface area contributed by atoms with Crippen molar-refractivity contribution in [1.82, 2.24) is 0 Å². The zero-order valence-electron chi connectivity index (χ0n) is 13.5. The minimum Gasteiger partial charge on any atom is -0.399 e. The smallest absolute Gasteiger partial charge is 0.255 e. The van der Waals surface area contributed by atoms with Gasteiger partial charge in [-0.1, -0.05) is 18.2 Å². The molecule has 0 radical (unpaired) electrons. The van der Waals surface area contributed by atoms with Crippen LogP contribution in [0.25, 0.3) is 0 Å². The minimum atomic E-state index is -0.109. The van der Waals surface area contributed by atoms with E-state index in [4.69, 9.17) is 5.73 Å². The summed E-state index contributed by atoms with van der Waals surface area (Å²) < 4.78 is 0. The third-order valence-electron chi connectivity index (χ3n) is 4.42. The molecular weight excluding hydrogens is 286 g/mol. The van der Waals surface area contributed by atoms with Crippen LogP contribution in [0, 0.1) is 0 Å². The molecule has 1 aliphatic rings. The molecule has 1 amide bonds. The van der Waals surface area contributed by atoms with Crippen molar-refractivity contribution in [2.45, 2.75) is 32.2 Å². The maximum absolute atomic E-state index is 12.5. The number of benzene rings is 2. The minimum absolute atomic E-state index is 0.109. The zero-order chi connectivity index (χ0) is 16.2. The van der Waals surface area contributed by atoms with Crippen molar-refractivity contribution in [3.05, 3.63) is 54.1 Å². The van der Waals surface area contributed by atoms with Gasteiger partial charge in [-0.15, -0.1) is 0 Å². The molecule has 1 unspecified atom stereocenters. The predicted molar refractivity (Wildman–Crippen MR) is 95.9 cm³/mol. The topological polar surface area (TPSA) is 58.4 Å². The van der Waals surface area contributed by atoms with Gasteiger partial charge in [0.2, 0.25) is 0 Å². The van der Waals surface area contributed by atoms with Crippen molar-refractivity contribution < 1.29 is 4.79 Å². The fourth-order valence-electron chi connectivity index (χ4n) is 3.14. The van der Waals surface area contributed by atoms with Crippen molar-refractivity contribution in [3.8, 4) is 0 Å². The van der Waals surface area contributed by atoms with Crippen LogP contribution in [0.5, 0.6) is 0 Å². The first-order valence-corrected chi connectivity index (χ1v) is 8.18. The fraction of sp³-hybridized carbons (Fsp3) is 0.316. The van der Waals surface area contributed by atoms with Crippen molar-refractivity contribution >= 4 is 23.0 Å². The number of anilines is 3. The molecule has 0 saturated carbocycles. The van der Waals surface area contributed by atoms with Gasteiger partial charge in [-0.3, -0.25) is 4.79 Å². The molecule has 23 heavy (non-hydrogen) atoms. The molecule has 0 bridgehead atoms. The lowest BCUT2D eigenvalue weighted by atomic mass is 10.0. The van der Waals surface area contributed by atoms with E-state index >= 15 is 0 Å². The highest BCUT2D eigenvalue weighted by Crippen LogP contribution is 2.33. The van der Waals surface area contributed by atoms with Gasteiger partial charge in [0.25, 0.3) is 5.91 Å². The summed E-state index contributed by atoms with van der Waals surface area (Å²) >= 11 is 0. The molecule has 120 valence electrons. The van der Waals surface area contributed by atoms with E-state index in [0.717, 1.165) is 17.9 Å². The van der Waals surface area contributed by atoms with Crippen molar-refractivity contribution in [3.63, 3.8) is 0 Å². The van der Waals surface area contributed by atoms with Crippen LogP contribution in [0.4, 0.5) is 17.1 Å². The molecule has 4 nitrogen and oxygen atoms in total. The van der Waals surface area contributed by atoms with Gasteiger partial charge in [-0.2, -0.15) is 0 Å². The lowest BCUT2D eigenvalue weighted by Crippen LogP contribution is -2.38. The number of hydrogen-bond donors (Lipinski definition) is 2. The van der Waals surface area contributed by atoms with Gasteiger partial charge in [0.1, 0.15) is 0 Å². The summed E-state index contributed by atoms with van der Waals surface area (Å²) in [5, 5.41) is 3.02. The van der Waals surface area contributed by atoms with Gasteiger partial charge in [0.15, 0.2) is 0 Å². The molecule has 3 rings (SSSR count). The number of carbonyl (C=O) groups is 1. The van der Waals surface area contributed by atoms with E-state index in [0.29, 0.717) is 17.3 Å². The van der Waals surface area contributed by atoms with Crippen LogP contribution in [-0.4, -0.2) is 18.5 Å². The van der Waals surface area contributed by atoms with Gasteiger partial charge in [0, 0.05) is 23.8 Å². The Morgan fingerprint density at radius 1 is 1.17 bits per heavy atom. The van der Waals surface area contributed by atoms with Gasteiger partial charge in [0.05, 0.1) is 11.4 Å². The Morgan fingerprint density at radius 2 is 1.96 bits per heavy atom. The zero-order valence-corrected chi connectivity index (χ0v) is 13.5. The first-order chi connectivity index (χ1) is 11.1. The van der Waals surface area contributed by atoms with Crippen LogP contribution in [0.3, 0.4) is 0 Å². The van der Waals surface area contributed by atoms with E-state index in [9.17, 15) is 4.79 Å².